The molecule has 0 saturated heterocycles. The average Bonchev–Trinajstić information content (AvgIpc) is 2.71. The Kier molecular flexibility index (Phi) is 8.07. The fraction of sp³-hybridized carbons (Fsp3) is 0.286. The van der Waals surface area contributed by atoms with Crippen molar-refractivity contribution in [3.63, 3.8) is 0 Å². The molecule has 0 radical (unpaired) electrons. The monoisotopic (exact) mass is 401 g/mol. The number of esters is 1. The summed E-state index contributed by atoms with van der Waals surface area (Å²) >= 11 is 0. The third-order valence-corrected chi connectivity index (χ3v) is 5.43. The van der Waals surface area contributed by atoms with E-state index in [1.54, 1.807) is 25.1 Å². The van der Waals surface area contributed by atoms with E-state index in [1.165, 1.54) is 13.0 Å². The number of ether oxygens (including phenoxy) is 1. The molecule has 0 aliphatic heterocycles. The van der Waals surface area contributed by atoms with Crippen LogP contribution in [0.2, 0.25) is 0 Å². The molecular formula is C21H23NO5S. The smallest absolute Gasteiger partial charge is 0.339 e. The number of hydrogen-bond acceptors (Lipinski definition) is 5. The summed E-state index contributed by atoms with van der Waals surface area (Å²) in [6, 6.07) is 15.0. The summed E-state index contributed by atoms with van der Waals surface area (Å²) < 4.78 is 17.1. The number of rotatable bonds is 9. The van der Waals surface area contributed by atoms with Crippen molar-refractivity contribution in [3.05, 3.63) is 65.7 Å². The maximum absolute atomic E-state index is 12.3. The van der Waals surface area contributed by atoms with Crippen LogP contribution >= 0.6 is 0 Å². The zero-order valence-corrected chi connectivity index (χ0v) is 16.7. The van der Waals surface area contributed by atoms with Crippen LogP contribution in [0.15, 0.2) is 59.5 Å². The normalized spacial score (nSPS) is 12.6. The van der Waals surface area contributed by atoms with Crippen LogP contribution in [0.25, 0.3) is 0 Å². The Morgan fingerprint density at radius 1 is 1.04 bits per heavy atom. The second-order valence-electron chi connectivity index (χ2n) is 6.13. The lowest BCUT2D eigenvalue weighted by Gasteiger charge is -2.16. The number of ketones is 1. The largest absolute Gasteiger partial charge is 0.452 e. The second kappa shape index (κ2) is 10.5. The van der Waals surface area contributed by atoms with Gasteiger partial charge in [0.05, 0.1) is 27.3 Å². The van der Waals surface area contributed by atoms with Crippen molar-refractivity contribution in [2.45, 2.75) is 31.2 Å². The lowest BCUT2D eigenvalue weighted by molar-refractivity contribution is -0.128. The maximum atomic E-state index is 12.3. The lowest BCUT2D eigenvalue weighted by atomic mass is 10.0. The average molecular weight is 401 g/mol. The van der Waals surface area contributed by atoms with Gasteiger partial charge in [-0.3, -0.25) is 13.8 Å². The number of carbonyl (C=O) groups excluding carboxylic acids is 3. The lowest BCUT2D eigenvalue weighted by Crippen LogP contribution is -2.43. The van der Waals surface area contributed by atoms with E-state index in [2.05, 4.69) is 5.32 Å². The van der Waals surface area contributed by atoms with Crippen molar-refractivity contribution in [1.29, 1.82) is 0 Å². The highest BCUT2D eigenvalue weighted by Crippen LogP contribution is 2.15. The van der Waals surface area contributed by atoms with Gasteiger partial charge in [0.25, 0.3) is 5.91 Å². The van der Waals surface area contributed by atoms with Gasteiger partial charge in [-0.05, 0) is 31.0 Å². The first kappa shape index (κ1) is 21.5. The molecule has 0 spiro atoms. The van der Waals surface area contributed by atoms with Crippen molar-refractivity contribution in [1.82, 2.24) is 5.32 Å². The van der Waals surface area contributed by atoms with Crippen LogP contribution in [0.4, 0.5) is 0 Å². The van der Waals surface area contributed by atoms with Crippen LogP contribution in [0, 0.1) is 0 Å². The van der Waals surface area contributed by atoms with E-state index in [0.29, 0.717) is 17.1 Å². The van der Waals surface area contributed by atoms with E-state index in [0.717, 1.165) is 5.56 Å². The Morgan fingerprint density at radius 2 is 1.68 bits per heavy atom. The molecule has 0 heterocycles. The van der Waals surface area contributed by atoms with Gasteiger partial charge in [0.15, 0.2) is 12.4 Å². The van der Waals surface area contributed by atoms with Gasteiger partial charge in [-0.2, -0.15) is 0 Å². The molecule has 0 unspecified atom stereocenters. The third kappa shape index (κ3) is 6.13. The molecule has 2 aromatic rings. The summed E-state index contributed by atoms with van der Waals surface area (Å²) in [5.74, 6) is -1.12. The molecule has 7 heteroatoms. The van der Waals surface area contributed by atoms with Gasteiger partial charge in [-0.25, -0.2) is 4.79 Å². The predicted octanol–water partition coefficient (Wildman–Crippen LogP) is 2.29. The molecule has 0 bridgehead atoms. The molecule has 0 aliphatic rings. The summed E-state index contributed by atoms with van der Waals surface area (Å²) in [5.41, 5.74) is 1.08. The molecule has 1 amide bonds. The Bertz CT molecular complexity index is 866. The highest BCUT2D eigenvalue weighted by atomic mass is 32.2. The van der Waals surface area contributed by atoms with Crippen LogP contribution in [0.5, 0.6) is 0 Å². The Morgan fingerprint density at radius 3 is 2.32 bits per heavy atom. The van der Waals surface area contributed by atoms with E-state index in [9.17, 15) is 18.6 Å². The minimum Gasteiger partial charge on any atom is -0.452 e. The molecule has 148 valence electrons. The third-order valence-electron chi connectivity index (χ3n) is 4.06. The first-order valence-electron chi connectivity index (χ1n) is 8.90. The number of Topliss-reactive ketones (excluding diaryl/α,β-unsaturated/α-hetero) is 1. The molecule has 2 atom stereocenters. The first-order valence-corrected chi connectivity index (χ1v) is 10.2. The number of carbonyl (C=O) groups is 3. The molecule has 6 nitrogen and oxygen atoms in total. The standard InChI is InChI=1S/C21H23NO5S/c1-3-28(26)19-12-8-7-11-17(19)21(25)27-14-20(24)22-18(15(2)23)13-16-9-5-4-6-10-16/h4-12,18H,3,13-14H2,1-2H3,(H,22,24)/t18-,28-/m1/s1. The second-order valence-corrected chi connectivity index (χ2v) is 7.84. The van der Waals surface area contributed by atoms with Crippen molar-refractivity contribution in [2.24, 2.45) is 0 Å². The van der Waals surface area contributed by atoms with Gasteiger partial charge in [0.1, 0.15) is 0 Å². The van der Waals surface area contributed by atoms with Crippen LogP contribution in [0.1, 0.15) is 29.8 Å². The van der Waals surface area contributed by atoms with Crippen LogP contribution in [-0.2, 0) is 31.5 Å². The van der Waals surface area contributed by atoms with Gasteiger partial charge in [-0.15, -0.1) is 0 Å². The Hall–Kier alpha value is -2.80. The molecule has 2 aromatic carbocycles. The first-order chi connectivity index (χ1) is 13.4. The summed E-state index contributed by atoms with van der Waals surface area (Å²) in [6.45, 7) is 2.63. The zero-order chi connectivity index (χ0) is 20.5. The summed E-state index contributed by atoms with van der Waals surface area (Å²) in [4.78, 5) is 36.7. The van der Waals surface area contributed by atoms with Crippen LogP contribution < -0.4 is 5.32 Å². The fourth-order valence-electron chi connectivity index (χ4n) is 2.58. The topological polar surface area (TPSA) is 89.5 Å². The quantitative estimate of drug-likeness (QED) is 0.651. The van der Waals surface area contributed by atoms with Crippen molar-refractivity contribution in [2.75, 3.05) is 12.4 Å². The fourth-order valence-corrected chi connectivity index (χ4v) is 3.52. The van der Waals surface area contributed by atoms with E-state index >= 15 is 0 Å². The van der Waals surface area contributed by atoms with Gasteiger partial charge < -0.3 is 10.1 Å². The highest BCUT2D eigenvalue weighted by molar-refractivity contribution is 7.85. The van der Waals surface area contributed by atoms with Crippen molar-refractivity contribution >= 4 is 28.5 Å². The molecule has 0 fully saturated rings. The number of amides is 1. The molecule has 2 rings (SSSR count). The highest BCUT2D eigenvalue weighted by Gasteiger charge is 2.20. The van der Waals surface area contributed by atoms with Crippen molar-refractivity contribution < 1.29 is 23.3 Å². The van der Waals surface area contributed by atoms with Gasteiger partial charge in [0.2, 0.25) is 0 Å². The van der Waals surface area contributed by atoms with Crippen LogP contribution in [0.3, 0.4) is 0 Å². The van der Waals surface area contributed by atoms with E-state index in [4.69, 9.17) is 4.74 Å². The Labute approximate surface area is 166 Å². The number of benzene rings is 2. The molecule has 1 N–H and O–H groups in total. The van der Waals surface area contributed by atoms with Gasteiger partial charge in [-0.1, -0.05) is 49.4 Å². The van der Waals surface area contributed by atoms with E-state index in [1.807, 2.05) is 30.3 Å². The molecule has 0 aliphatic carbocycles. The van der Waals surface area contributed by atoms with Gasteiger partial charge in [0, 0.05) is 5.75 Å². The molecule has 0 aromatic heterocycles. The summed E-state index contributed by atoms with van der Waals surface area (Å²) in [6.07, 6.45) is 0.355. The summed E-state index contributed by atoms with van der Waals surface area (Å²) in [5, 5.41) is 2.59. The molecule has 0 saturated carbocycles. The molecule has 28 heavy (non-hydrogen) atoms. The maximum Gasteiger partial charge on any atom is 0.339 e. The van der Waals surface area contributed by atoms with Crippen molar-refractivity contribution in [3.8, 4) is 0 Å². The predicted molar refractivity (Wildman–Crippen MR) is 106 cm³/mol. The summed E-state index contributed by atoms with van der Waals surface area (Å²) in [7, 11) is -1.32. The zero-order valence-electron chi connectivity index (χ0n) is 15.8. The molecular weight excluding hydrogens is 378 g/mol. The van der Waals surface area contributed by atoms with Gasteiger partial charge >= 0.3 is 5.97 Å². The number of nitrogens with one attached hydrogen (secondary N) is 1. The minimum atomic E-state index is -1.32. The SMILES string of the molecule is CC[S@@](=O)c1ccccc1C(=O)OCC(=O)N[C@H](Cc1ccccc1)C(C)=O. The van der Waals surface area contributed by atoms with E-state index in [-0.39, 0.29) is 11.3 Å². The Balaban J connectivity index is 1.96. The minimum absolute atomic E-state index is 0.169. The van der Waals surface area contributed by atoms with E-state index < -0.39 is 35.3 Å². The number of hydrogen-bond donors (Lipinski definition) is 1. The van der Waals surface area contributed by atoms with Crippen LogP contribution in [-0.4, -0.2) is 40.3 Å².